The molecule has 0 spiro atoms. The molecule has 1 fully saturated rings. The highest BCUT2D eigenvalue weighted by molar-refractivity contribution is 6.30. The summed E-state index contributed by atoms with van der Waals surface area (Å²) >= 11 is 6.07. The maximum Gasteiger partial charge on any atom is 0.407 e. The van der Waals surface area contributed by atoms with E-state index in [9.17, 15) is 24.6 Å². The number of halogens is 1. The molecule has 4 rings (SSSR count). The van der Waals surface area contributed by atoms with E-state index in [2.05, 4.69) is 15.5 Å². The van der Waals surface area contributed by atoms with Crippen LogP contribution in [0.25, 0.3) is 11.3 Å². The fraction of sp³-hybridized carbons (Fsp3) is 0.444. The maximum absolute atomic E-state index is 13.8. The van der Waals surface area contributed by atoms with E-state index in [0.29, 0.717) is 22.7 Å². The van der Waals surface area contributed by atoms with Crippen LogP contribution in [0.15, 0.2) is 47.5 Å². The molecule has 1 aliphatic heterocycles. The Balaban J connectivity index is 1.75. The van der Waals surface area contributed by atoms with Crippen LogP contribution in [-0.4, -0.2) is 71.4 Å². The lowest BCUT2D eigenvalue weighted by Gasteiger charge is -2.44. The Labute approximate surface area is 231 Å². The van der Waals surface area contributed by atoms with Crippen LogP contribution in [0.5, 0.6) is 0 Å². The molecular weight excluding hydrogens is 524 g/mol. The summed E-state index contributed by atoms with van der Waals surface area (Å²) in [5.74, 6) is -0.659. The molecule has 1 aromatic carbocycles. The normalized spacial score (nSPS) is 19.6. The molecule has 0 saturated carbocycles. The summed E-state index contributed by atoms with van der Waals surface area (Å²) in [6.45, 7) is 5.20. The van der Waals surface area contributed by atoms with Crippen LogP contribution in [0.4, 0.5) is 4.79 Å². The second kappa shape index (κ2) is 10.8. The molecule has 11 nitrogen and oxygen atoms in total. The van der Waals surface area contributed by atoms with Crippen LogP contribution in [0.2, 0.25) is 5.02 Å². The van der Waals surface area contributed by atoms with Crippen LogP contribution in [0.3, 0.4) is 0 Å². The van der Waals surface area contributed by atoms with E-state index in [4.69, 9.17) is 11.6 Å². The molecule has 2 amide bonds. The molecule has 3 aromatic rings. The summed E-state index contributed by atoms with van der Waals surface area (Å²) in [6.07, 6.45) is 3.38. The molecule has 0 bridgehead atoms. The van der Waals surface area contributed by atoms with Gasteiger partial charge in [0.15, 0.2) is 0 Å². The molecule has 2 aromatic heterocycles. The van der Waals surface area contributed by atoms with E-state index in [1.807, 2.05) is 27.1 Å². The van der Waals surface area contributed by atoms with Gasteiger partial charge >= 0.3 is 6.09 Å². The van der Waals surface area contributed by atoms with E-state index in [0.717, 1.165) is 5.56 Å². The van der Waals surface area contributed by atoms with Crippen molar-refractivity contribution >= 4 is 23.6 Å². The van der Waals surface area contributed by atoms with Crippen molar-refractivity contribution < 1.29 is 19.8 Å². The molecule has 39 heavy (non-hydrogen) atoms. The first kappa shape index (κ1) is 28.3. The number of hydrogen-bond acceptors (Lipinski definition) is 6. The Morgan fingerprint density at radius 3 is 2.51 bits per heavy atom. The van der Waals surface area contributed by atoms with Gasteiger partial charge in [0.1, 0.15) is 5.56 Å². The lowest BCUT2D eigenvalue weighted by Crippen LogP contribution is -2.61. The average molecular weight is 557 g/mol. The molecule has 12 heteroatoms. The minimum absolute atomic E-state index is 0.129. The van der Waals surface area contributed by atoms with Gasteiger partial charge in [0.05, 0.1) is 29.6 Å². The zero-order valence-corrected chi connectivity index (χ0v) is 23.1. The third kappa shape index (κ3) is 5.99. The fourth-order valence-corrected chi connectivity index (χ4v) is 5.31. The lowest BCUT2D eigenvalue weighted by atomic mass is 9.84. The number of carbonyl (C=O) groups is 2. The van der Waals surface area contributed by atoms with Gasteiger partial charge in [-0.1, -0.05) is 23.7 Å². The highest BCUT2D eigenvalue weighted by atomic mass is 35.5. The van der Waals surface area contributed by atoms with Crippen molar-refractivity contribution in [2.24, 2.45) is 7.05 Å². The monoisotopic (exact) mass is 556 g/mol. The topological polar surface area (TPSA) is 143 Å². The first-order chi connectivity index (χ1) is 18.3. The standard InChI is InChI=1S/C27H33ClN6O5/c1-17-12-27(16-35,9-10-33(17)25(38)39)30-23(36)21-11-22(19-5-7-20(28)8-6-19)31-34(24(21)37)26(2,3)13-18-14-29-32(4)15-18/h5-8,11,14-15,17,35H,9-10,12-13,16H2,1-4H3,(H,30,36)(H,38,39). The number of hydrogen-bond donors (Lipinski definition) is 3. The summed E-state index contributed by atoms with van der Waals surface area (Å²) in [7, 11) is 1.81. The number of amides is 2. The van der Waals surface area contributed by atoms with Crippen molar-refractivity contribution in [3.8, 4) is 11.3 Å². The lowest BCUT2D eigenvalue weighted by molar-refractivity contribution is 0.0422. The molecule has 0 aliphatic carbocycles. The molecule has 3 N–H and O–H groups in total. The zero-order chi connectivity index (χ0) is 28.5. The van der Waals surface area contributed by atoms with Gasteiger partial charge in [0, 0.05) is 42.8 Å². The molecule has 0 radical (unpaired) electrons. The van der Waals surface area contributed by atoms with E-state index >= 15 is 0 Å². The third-order valence-electron chi connectivity index (χ3n) is 7.24. The zero-order valence-electron chi connectivity index (χ0n) is 22.4. The van der Waals surface area contributed by atoms with Gasteiger partial charge in [-0.05, 0) is 57.4 Å². The number of carboxylic acid groups (broad SMARTS) is 1. The first-order valence-electron chi connectivity index (χ1n) is 12.7. The number of nitrogens with zero attached hydrogens (tertiary/aromatic N) is 5. The number of piperidine rings is 1. The van der Waals surface area contributed by atoms with Gasteiger partial charge in [-0.15, -0.1) is 0 Å². The molecule has 208 valence electrons. The summed E-state index contributed by atoms with van der Waals surface area (Å²) in [5.41, 5.74) is -0.638. The minimum Gasteiger partial charge on any atom is -0.465 e. The Kier molecular flexibility index (Phi) is 7.85. The maximum atomic E-state index is 13.8. The first-order valence-corrected chi connectivity index (χ1v) is 13.0. The smallest absolute Gasteiger partial charge is 0.407 e. The van der Waals surface area contributed by atoms with Crippen molar-refractivity contribution in [1.29, 1.82) is 0 Å². The van der Waals surface area contributed by atoms with E-state index in [1.54, 1.807) is 42.1 Å². The van der Waals surface area contributed by atoms with Gasteiger partial charge in [-0.25, -0.2) is 9.48 Å². The highest BCUT2D eigenvalue weighted by Crippen LogP contribution is 2.28. The fourth-order valence-electron chi connectivity index (χ4n) is 5.19. The predicted octanol–water partition coefficient (Wildman–Crippen LogP) is 2.90. The Hall–Kier alpha value is -3.70. The number of benzene rings is 1. The number of aryl methyl sites for hydroxylation is 1. The van der Waals surface area contributed by atoms with E-state index in [1.165, 1.54) is 15.6 Å². The van der Waals surface area contributed by atoms with Crippen LogP contribution in [-0.2, 0) is 19.0 Å². The molecule has 1 aliphatic rings. The molecule has 2 atom stereocenters. The number of aliphatic hydroxyl groups excluding tert-OH is 1. The predicted molar refractivity (Wildman–Crippen MR) is 146 cm³/mol. The second-order valence-corrected chi connectivity index (χ2v) is 11.3. The summed E-state index contributed by atoms with van der Waals surface area (Å²) in [5, 5.41) is 31.9. The SMILES string of the molecule is CC1CC(CO)(NC(=O)c2cc(-c3ccc(Cl)cc3)nn(C(C)(C)Cc3cnn(C)c3)c2=O)CCN1C(=O)O. The van der Waals surface area contributed by atoms with Crippen molar-refractivity contribution in [3.05, 3.63) is 69.2 Å². The van der Waals surface area contributed by atoms with Crippen molar-refractivity contribution in [1.82, 2.24) is 29.8 Å². The van der Waals surface area contributed by atoms with E-state index in [-0.39, 0.29) is 24.9 Å². The second-order valence-electron chi connectivity index (χ2n) is 10.9. The minimum atomic E-state index is -1.07. The number of carbonyl (C=O) groups excluding carboxylic acids is 1. The Morgan fingerprint density at radius 1 is 1.26 bits per heavy atom. The highest BCUT2D eigenvalue weighted by Gasteiger charge is 2.41. The van der Waals surface area contributed by atoms with Crippen molar-refractivity contribution in [2.45, 2.75) is 57.2 Å². The summed E-state index contributed by atoms with van der Waals surface area (Å²) < 4.78 is 3.00. The Bertz CT molecular complexity index is 1430. The van der Waals surface area contributed by atoms with Gasteiger partial charge in [0.2, 0.25) is 0 Å². The molecule has 2 unspecified atom stereocenters. The van der Waals surface area contributed by atoms with Crippen molar-refractivity contribution in [2.75, 3.05) is 13.2 Å². The number of aliphatic hydroxyl groups is 1. The number of rotatable bonds is 7. The molecule has 3 heterocycles. The Morgan fingerprint density at radius 2 is 1.95 bits per heavy atom. The number of likely N-dealkylation sites (tertiary alicyclic amines) is 1. The molecular formula is C27H33ClN6O5. The van der Waals surface area contributed by atoms with Gasteiger partial charge in [-0.3, -0.25) is 14.3 Å². The van der Waals surface area contributed by atoms with Crippen LogP contribution >= 0.6 is 11.6 Å². The van der Waals surface area contributed by atoms with Crippen LogP contribution in [0, 0.1) is 0 Å². The van der Waals surface area contributed by atoms with Crippen LogP contribution < -0.4 is 10.9 Å². The number of nitrogens with one attached hydrogen (secondary N) is 1. The van der Waals surface area contributed by atoms with Crippen molar-refractivity contribution in [3.63, 3.8) is 0 Å². The van der Waals surface area contributed by atoms with Crippen LogP contribution in [0.1, 0.15) is 49.5 Å². The molecule has 1 saturated heterocycles. The largest absolute Gasteiger partial charge is 0.465 e. The average Bonchev–Trinajstić information content (AvgIpc) is 3.27. The summed E-state index contributed by atoms with van der Waals surface area (Å²) in [4.78, 5) is 40.2. The van der Waals surface area contributed by atoms with Gasteiger partial charge < -0.3 is 20.4 Å². The summed E-state index contributed by atoms with van der Waals surface area (Å²) in [6, 6.07) is 7.93. The van der Waals surface area contributed by atoms with Gasteiger partial charge in [0.25, 0.3) is 11.5 Å². The third-order valence-corrected chi connectivity index (χ3v) is 7.49. The quantitative estimate of drug-likeness (QED) is 0.406. The van der Waals surface area contributed by atoms with E-state index < -0.39 is 41.3 Å². The number of aromatic nitrogens is 4. The van der Waals surface area contributed by atoms with Gasteiger partial charge in [-0.2, -0.15) is 10.2 Å².